The van der Waals surface area contributed by atoms with Gasteiger partial charge in [0.05, 0.1) is 6.61 Å². The van der Waals surface area contributed by atoms with E-state index in [0.29, 0.717) is 17.9 Å². The van der Waals surface area contributed by atoms with Crippen LogP contribution in [-0.4, -0.2) is 6.61 Å². The van der Waals surface area contributed by atoms with Crippen LogP contribution in [0.3, 0.4) is 0 Å². The predicted molar refractivity (Wildman–Crippen MR) is 63.0 cm³/mol. The Morgan fingerprint density at radius 2 is 1.71 bits per heavy atom. The van der Waals surface area contributed by atoms with Crippen LogP contribution in [-0.2, 0) is 0 Å². The van der Waals surface area contributed by atoms with E-state index in [-0.39, 0.29) is 5.56 Å². The molecule has 2 aromatic rings. The van der Waals surface area contributed by atoms with Crippen molar-refractivity contribution >= 4 is 0 Å². The van der Waals surface area contributed by atoms with Crippen molar-refractivity contribution in [2.75, 3.05) is 6.61 Å². The standard InChI is InChI=1S/C14H12F2O/c1-2-17-11-8-6-10(7-9-11)12-4-3-5-13(15)14(12)16/h3-9H,2H2,1H3. The van der Waals surface area contributed by atoms with Gasteiger partial charge in [-0.05, 0) is 30.7 Å². The SMILES string of the molecule is CCOc1ccc(-c2cccc(F)c2F)cc1. The van der Waals surface area contributed by atoms with E-state index < -0.39 is 11.6 Å². The van der Waals surface area contributed by atoms with Gasteiger partial charge in [0.1, 0.15) is 5.75 Å². The molecule has 0 atom stereocenters. The Bertz CT molecular complexity index is 506. The Morgan fingerprint density at radius 1 is 1.00 bits per heavy atom. The minimum atomic E-state index is -0.837. The van der Waals surface area contributed by atoms with Crippen LogP contribution >= 0.6 is 0 Å². The van der Waals surface area contributed by atoms with Crippen molar-refractivity contribution in [2.24, 2.45) is 0 Å². The van der Waals surface area contributed by atoms with E-state index in [1.807, 2.05) is 6.92 Å². The van der Waals surface area contributed by atoms with Crippen molar-refractivity contribution < 1.29 is 13.5 Å². The first-order chi connectivity index (χ1) is 8.22. The van der Waals surface area contributed by atoms with Crippen LogP contribution in [0.25, 0.3) is 11.1 Å². The second kappa shape index (κ2) is 4.95. The van der Waals surface area contributed by atoms with Crippen molar-refractivity contribution in [1.82, 2.24) is 0 Å². The van der Waals surface area contributed by atoms with E-state index >= 15 is 0 Å². The maximum Gasteiger partial charge on any atom is 0.166 e. The minimum Gasteiger partial charge on any atom is -0.494 e. The fourth-order valence-corrected chi connectivity index (χ4v) is 1.62. The fourth-order valence-electron chi connectivity index (χ4n) is 1.62. The third-order valence-electron chi connectivity index (χ3n) is 2.43. The Labute approximate surface area is 98.7 Å². The average molecular weight is 234 g/mol. The minimum absolute atomic E-state index is 0.257. The van der Waals surface area contributed by atoms with Crippen LogP contribution in [0.5, 0.6) is 5.75 Å². The maximum atomic E-state index is 13.5. The summed E-state index contributed by atoms with van der Waals surface area (Å²) in [5.41, 5.74) is 0.888. The van der Waals surface area contributed by atoms with Gasteiger partial charge >= 0.3 is 0 Å². The zero-order valence-corrected chi connectivity index (χ0v) is 9.41. The maximum absolute atomic E-state index is 13.5. The summed E-state index contributed by atoms with van der Waals surface area (Å²) >= 11 is 0. The summed E-state index contributed by atoms with van der Waals surface area (Å²) in [6.07, 6.45) is 0. The molecule has 0 unspecified atom stereocenters. The molecule has 0 aliphatic rings. The van der Waals surface area contributed by atoms with Crippen LogP contribution in [0, 0.1) is 11.6 Å². The first-order valence-corrected chi connectivity index (χ1v) is 5.39. The number of rotatable bonds is 3. The second-order valence-corrected chi connectivity index (χ2v) is 3.56. The highest BCUT2D eigenvalue weighted by Crippen LogP contribution is 2.26. The lowest BCUT2D eigenvalue weighted by molar-refractivity contribution is 0.340. The Kier molecular flexibility index (Phi) is 3.38. The van der Waals surface area contributed by atoms with Gasteiger partial charge in [0, 0.05) is 5.56 Å². The molecule has 0 saturated heterocycles. The van der Waals surface area contributed by atoms with Crippen LogP contribution in [0.4, 0.5) is 8.78 Å². The summed E-state index contributed by atoms with van der Waals surface area (Å²) in [6, 6.07) is 11.0. The van der Waals surface area contributed by atoms with Gasteiger partial charge in [-0.15, -0.1) is 0 Å². The van der Waals surface area contributed by atoms with Gasteiger partial charge < -0.3 is 4.74 Å². The number of hydrogen-bond donors (Lipinski definition) is 0. The second-order valence-electron chi connectivity index (χ2n) is 3.56. The molecule has 0 bridgehead atoms. The number of halogens is 2. The summed E-state index contributed by atoms with van der Waals surface area (Å²) in [5.74, 6) is -0.943. The molecule has 0 amide bonds. The molecule has 0 aliphatic carbocycles. The molecule has 0 heterocycles. The molecule has 0 spiro atoms. The van der Waals surface area contributed by atoms with Gasteiger partial charge in [0.15, 0.2) is 11.6 Å². The Hall–Kier alpha value is -1.90. The topological polar surface area (TPSA) is 9.23 Å². The number of benzene rings is 2. The molecule has 0 aliphatic heterocycles. The zero-order valence-electron chi connectivity index (χ0n) is 9.41. The number of ether oxygens (including phenoxy) is 1. The van der Waals surface area contributed by atoms with Gasteiger partial charge in [0.25, 0.3) is 0 Å². The molecular formula is C14H12F2O. The van der Waals surface area contributed by atoms with Crippen molar-refractivity contribution in [2.45, 2.75) is 6.92 Å². The largest absolute Gasteiger partial charge is 0.494 e. The van der Waals surface area contributed by atoms with Gasteiger partial charge in [0.2, 0.25) is 0 Å². The zero-order chi connectivity index (χ0) is 12.3. The summed E-state index contributed by atoms with van der Waals surface area (Å²) in [7, 11) is 0. The molecule has 3 heteroatoms. The molecule has 0 radical (unpaired) electrons. The fraction of sp³-hybridized carbons (Fsp3) is 0.143. The molecule has 88 valence electrons. The van der Waals surface area contributed by atoms with E-state index in [1.165, 1.54) is 6.07 Å². The molecule has 17 heavy (non-hydrogen) atoms. The van der Waals surface area contributed by atoms with Crippen molar-refractivity contribution in [3.8, 4) is 16.9 Å². The van der Waals surface area contributed by atoms with Gasteiger partial charge in [-0.2, -0.15) is 0 Å². The third-order valence-corrected chi connectivity index (χ3v) is 2.43. The van der Waals surface area contributed by atoms with Crippen LogP contribution in [0.2, 0.25) is 0 Å². The van der Waals surface area contributed by atoms with E-state index in [1.54, 1.807) is 30.3 Å². The summed E-state index contributed by atoms with van der Waals surface area (Å²) < 4.78 is 31.9. The Balaban J connectivity index is 2.36. The van der Waals surface area contributed by atoms with E-state index in [9.17, 15) is 8.78 Å². The van der Waals surface area contributed by atoms with Crippen molar-refractivity contribution in [3.63, 3.8) is 0 Å². The monoisotopic (exact) mass is 234 g/mol. The highest BCUT2D eigenvalue weighted by atomic mass is 19.2. The van der Waals surface area contributed by atoms with E-state index in [4.69, 9.17) is 4.74 Å². The first-order valence-electron chi connectivity index (χ1n) is 5.39. The lowest BCUT2D eigenvalue weighted by Crippen LogP contribution is -1.92. The van der Waals surface area contributed by atoms with Crippen LogP contribution in [0.15, 0.2) is 42.5 Å². The highest BCUT2D eigenvalue weighted by molar-refractivity contribution is 5.64. The molecular weight excluding hydrogens is 222 g/mol. The van der Waals surface area contributed by atoms with Crippen molar-refractivity contribution in [3.05, 3.63) is 54.1 Å². The Morgan fingerprint density at radius 3 is 2.35 bits per heavy atom. The lowest BCUT2D eigenvalue weighted by atomic mass is 10.0. The molecule has 0 fully saturated rings. The third kappa shape index (κ3) is 2.44. The highest BCUT2D eigenvalue weighted by Gasteiger charge is 2.09. The molecule has 0 saturated carbocycles. The van der Waals surface area contributed by atoms with Gasteiger partial charge in [-0.1, -0.05) is 24.3 Å². The molecule has 0 N–H and O–H groups in total. The molecule has 1 nitrogen and oxygen atoms in total. The van der Waals surface area contributed by atoms with Crippen LogP contribution < -0.4 is 4.74 Å². The smallest absolute Gasteiger partial charge is 0.166 e. The first kappa shape index (κ1) is 11.6. The quantitative estimate of drug-likeness (QED) is 0.779. The van der Waals surface area contributed by atoms with E-state index in [2.05, 4.69) is 0 Å². The van der Waals surface area contributed by atoms with Crippen LogP contribution in [0.1, 0.15) is 6.92 Å². The summed E-state index contributed by atoms with van der Waals surface area (Å²) in [4.78, 5) is 0. The molecule has 2 aromatic carbocycles. The summed E-state index contributed by atoms with van der Waals surface area (Å²) in [5, 5.41) is 0. The summed E-state index contributed by atoms with van der Waals surface area (Å²) in [6.45, 7) is 2.47. The van der Waals surface area contributed by atoms with Gasteiger partial charge in [-0.3, -0.25) is 0 Å². The van der Waals surface area contributed by atoms with Crippen molar-refractivity contribution in [1.29, 1.82) is 0 Å². The van der Waals surface area contributed by atoms with Gasteiger partial charge in [-0.25, -0.2) is 8.78 Å². The predicted octanol–water partition coefficient (Wildman–Crippen LogP) is 4.03. The average Bonchev–Trinajstić information content (AvgIpc) is 2.34. The lowest BCUT2D eigenvalue weighted by Gasteiger charge is -2.06. The molecule has 2 rings (SSSR count). The molecule has 0 aromatic heterocycles. The normalized spacial score (nSPS) is 10.3. The van der Waals surface area contributed by atoms with E-state index in [0.717, 1.165) is 6.07 Å². The number of hydrogen-bond acceptors (Lipinski definition) is 1.